The quantitative estimate of drug-likeness (QED) is 0.418. The summed E-state index contributed by atoms with van der Waals surface area (Å²) in [5, 5.41) is 3.36. The van der Waals surface area contributed by atoms with Gasteiger partial charge in [0.2, 0.25) is 0 Å². The van der Waals surface area contributed by atoms with Crippen LogP contribution in [0, 0.1) is 0 Å². The average Bonchev–Trinajstić information content (AvgIpc) is 2.43. The van der Waals surface area contributed by atoms with Crippen LogP contribution in [0.2, 0.25) is 0 Å². The highest BCUT2D eigenvalue weighted by Gasteiger charge is 2.06. The van der Waals surface area contributed by atoms with Crippen LogP contribution in [0.15, 0.2) is 42.5 Å². The fraction of sp³-hybridized carbons (Fsp3) is 0.312. The number of rotatable bonds is 6. The Morgan fingerprint density at radius 3 is 2.50 bits per heavy atom. The lowest BCUT2D eigenvalue weighted by atomic mass is 10.0. The molecule has 0 unspecified atom stereocenters. The predicted octanol–water partition coefficient (Wildman–Crippen LogP) is 4.98. The van der Waals surface area contributed by atoms with Crippen molar-refractivity contribution in [2.45, 2.75) is 25.7 Å². The first-order valence-corrected chi connectivity index (χ1v) is 7.51. The minimum absolute atomic E-state index is 0.260. The number of carbonyl (C=O) groups excluding carboxylic acids is 1. The molecule has 2 rings (SSSR count). The molecule has 1 nitrogen and oxygen atoms in total. The smallest absolute Gasteiger partial charge is 0.162 e. The Hall–Kier alpha value is -1.15. The van der Waals surface area contributed by atoms with Crippen molar-refractivity contribution in [2.75, 3.05) is 5.33 Å². The van der Waals surface area contributed by atoms with Crippen molar-refractivity contribution in [3.8, 4) is 0 Å². The maximum atomic E-state index is 12.0. The molecular weight excluding hydrogens is 288 g/mol. The van der Waals surface area contributed by atoms with Gasteiger partial charge in [-0.1, -0.05) is 58.7 Å². The first-order chi connectivity index (χ1) is 8.81. The first-order valence-electron chi connectivity index (χ1n) is 6.39. The molecule has 2 aromatic rings. The summed E-state index contributed by atoms with van der Waals surface area (Å²) in [6.45, 7) is 0. The predicted molar refractivity (Wildman–Crippen MR) is 80.5 cm³/mol. The van der Waals surface area contributed by atoms with Crippen molar-refractivity contribution < 1.29 is 4.79 Å². The van der Waals surface area contributed by atoms with Crippen LogP contribution in [0.1, 0.15) is 36.0 Å². The molecule has 0 atom stereocenters. The van der Waals surface area contributed by atoms with E-state index in [1.165, 1.54) is 5.39 Å². The maximum Gasteiger partial charge on any atom is 0.162 e. The summed E-state index contributed by atoms with van der Waals surface area (Å²) >= 11 is 3.40. The summed E-state index contributed by atoms with van der Waals surface area (Å²) in [4.78, 5) is 12.0. The Morgan fingerprint density at radius 2 is 1.72 bits per heavy atom. The molecule has 0 saturated carbocycles. The second-order valence-corrected chi connectivity index (χ2v) is 5.28. The summed E-state index contributed by atoms with van der Waals surface area (Å²) in [6, 6.07) is 14.1. The Labute approximate surface area is 116 Å². The average molecular weight is 305 g/mol. The Morgan fingerprint density at radius 1 is 0.944 bits per heavy atom. The number of Topliss-reactive ketones (excluding diaryl/α,β-unsaturated/α-hetero) is 1. The van der Waals surface area contributed by atoms with Crippen molar-refractivity contribution in [1.82, 2.24) is 0 Å². The van der Waals surface area contributed by atoms with E-state index in [9.17, 15) is 4.79 Å². The second kappa shape index (κ2) is 6.69. The molecule has 0 aromatic heterocycles. The monoisotopic (exact) mass is 304 g/mol. The van der Waals surface area contributed by atoms with Crippen LogP contribution >= 0.6 is 15.9 Å². The molecule has 0 radical (unpaired) electrons. The van der Waals surface area contributed by atoms with Gasteiger partial charge in [0.25, 0.3) is 0 Å². The standard InChI is InChI=1S/C16H17BrO/c17-11-5-1-2-8-16(18)15-10-9-13-6-3-4-7-14(13)12-15/h3-4,6-7,9-10,12H,1-2,5,8,11H2. The van der Waals surface area contributed by atoms with Crippen LogP contribution in [-0.2, 0) is 0 Å². The Kier molecular flexibility index (Phi) is 4.94. The molecule has 18 heavy (non-hydrogen) atoms. The number of alkyl halides is 1. The third-order valence-corrected chi connectivity index (χ3v) is 3.67. The topological polar surface area (TPSA) is 17.1 Å². The van der Waals surface area contributed by atoms with Crippen molar-refractivity contribution in [3.63, 3.8) is 0 Å². The van der Waals surface area contributed by atoms with Crippen LogP contribution in [-0.4, -0.2) is 11.1 Å². The third-order valence-electron chi connectivity index (χ3n) is 3.11. The number of carbonyl (C=O) groups is 1. The number of benzene rings is 2. The van der Waals surface area contributed by atoms with E-state index in [1.54, 1.807) is 0 Å². The molecule has 0 N–H and O–H groups in total. The van der Waals surface area contributed by atoms with Gasteiger partial charge in [0.05, 0.1) is 0 Å². The molecule has 2 heteroatoms. The largest absolute Gasteiger partial charge is 0.294 e. The van der Waals surface area contributed by atoms with Crippen LogP contribution in [0.25, 0.3) is 10.8 Å². The molecule has 0 amide bonds. The minimum Gasteiger partial charge on any atom is -0.294 e. The van der Waals surface area contributed by atoms with Crippen LogP contribution in [0.5, 0.6) is 0 Å². The molecule has 0 aliphatic rings. The molecule has 2 aromatic carbocycles. The number of hydrogen-bond acceptors (Lipinski definition) is 1. The van der Waals surface area contributed by atoms with Crippen LogP contribution < -0.4 is 0 Å². The van der Waals surface area contributed by atoms with Gasteiger partial charge < -0.3 is 0 Å². The van der Waals surface area contributed by atoms with Gasteiger partial charge in [-0.2, -0.15) is 0 Å². The lowest BCUT2D eigenvalue weighted by Crippen LogP contribution is -1.98. The lowest BCUT2D eigenvalue weighted by molar-refractivity contribution is 0.0979. The fourth-order valence-electron chi connectivity index (χ4n) is 2.06. The molecule has 0 spiro atoms. The zero-order chi connectivity index (χ0) is 12.8. The highest BCUT2D eigenvalue weighted by molar-refractivity contribution is 9.09. The highest BCUT2D eigenvalue weighted by Crippen LogP contribution is 2.17. The maximum absolute atomic E-state index is 12.0. The minimum atomic E-state index is 0.260. The second-order valence-electron chi connectivity index (χ2n) is 4.48. The zero-order valence-electron chi connectivity index (χ0n) is 10.4. The van der Waals surface area contributed by atoms with E-state index in [4.69, 9.17) is 0 Å². The van der Waals surface area contributed by atoms with E-state index >= 15 is 0 Å². The zero-order valence-corrected chi connectivity index (χ0v) is 11.9. The van der Waals surface area contributed by atoms with Gasteiger partial charge >= 0.3 is 0 Å². The van der Waals surface area contributed by atoms with Crippen molar-refractivity contribution in [2.24, 2.45) is 0 Å². The molecule has 0 aliphatic carbocycles. The summed E-state index contributed by atoms with van der Waals surface area (Å²) in [7, 11) is 0. The van der Waals surface area contributed by atoms with E-state index in [1.807, 2.05) is 30.3 Å². The van der Waals surface area contributed by atoms with E-state index in [-0.39, 0.29) is 5.78 Å². The normalized spacial score (nSPS) is 10.7. The van der Waals surface area contributed by atoms with Crippen LogP contribution in [0.4, 0.5) is 0 Å². The van der Waals surface area contributed by atoms with Gasteiger partial charge in [-0.3, -0.25) is 4.79 Å². The SMILES string of the molecule is O=C(CCCCCBr)c1ccc2ccccc2c1. The van der Waals surface area contributed by atoms with Gasteiger partial charge in [-0.25, -0.2) is 0 Å². The van der Waals surface area contributed by atoms with Gasteiger partial charge in [-0.15, -0.1) is 0 Å². The molecule has 0 heterocycles. The first kappa shape index (κ1) is 13.3. The number of halogens is 1. The molecule has 94 valence electrons. The summed E-state index contributed by atoms with van der Waals surface area (Å²) in [5.74, 6) is 0.260. The summed E-state index contributed by atoms with van der Waals surface area (Å²) in [5.41, 5.74) is 0.840. The van der Waals surface area contributed by atoms with E-state index in [0.29, 0.717) is 6.42 Å². The Bertz CT molecular complexity index is 533. The number of unbranched alkanes of at least 4 members (excludes halogenated alkanes) is 2. The van der Waals surface area contributed by atoms with Gasteiger partial charge in [0, 0.05) is 17.3 Å². The van der Waals surface area contributed by atoms with E-state index in [2.05, 4.69) is 28.1 Å². The molecule has 0 bridgehead atoms. The molecule has 0 fully saturated rings. The van der Waals surface area contributed by atoms with Crippen molar-refractivity contribution >= 4 is 32.5 Å². The molecule has 0 aliphatic heterocycles. The number of fused-ring (bicyclic) bond motifs is 1. The lowest BCUT2D eigenvalue weighted by Gasteiger charge is -2.03. The number of ketones is 1. The van der Waals surface area contributed by atoms with E-state index in [0.717, 1.165) is 35.5 Å². The molecule has 0 saturated heterocycles. The summed E-state index contributed by atoms with van der Waals surface area (Å²) < 4.78 is 0. The van der Waals surface area contributed by atoms with Crippen molar-refractivity contribution in [3.05, 3.63) is 48.0 Å². The van der Waals surface area contributed by atoms with Crippen LogP contribution in [0.3, 0.4) is 0 Å². The summed E-state index contributed by atoms with van der Waals surface area (Å²) in [6.07, 6.45) is 3.90. The molecular formula is C16H17BrO. The van der Waals surface area contributed by atoms with E-state index < -0.39 is 0 Å². The Balaban J connectivity index is 2.04. The van der Waals surface area contributed by atoms with Gasteiger partial charge in [-0.05, 0) is 29.7 Å². The van der Waals surface area contributed by atoms with Gasteiger partial charge in [0.1, 0.15) is 0 Å². The van der Waals surface area contributed by atoms with Crippen molar-refractivity contribution in [1.29, 1.82) is 0 Å². The number of hydrogen-bond donors (Lipinski definition) is 0. The van der Waals surface area contributed by atoms with Gasteiger partial charge in [0.15, 0.2) is 5.78 Å². The fourth-order valence-corrected chi connectivity index (χ4v) is 2.46. The highest BCUT2D eigenvalue weighted by atomic mass is 79.9. The third kappa shape index (κ3) is 3.42.